The smallest absolute Gasteiger partial charge is 0.133 e. The third-order valence-electron chi connectivity index (χ3n) is 9.72. The van der Waals surface area contributed by atoms with Crippen molar-refractivity contribution in [3.63, 3.8) is 0 Å². The van der Waals surface area contributed by atoms with Crippen LogP contribution in [0, 0.1) is 40.4 Å². The molecule has 26 heavy (non-hydrogen) atoms. The third-order valence-corrected chi connectivity index (χ3v) is 9.72. The molecule has 0 aromatic heterocycles. The molecule has 0 aromatic rings. The molecule has 4 fully saturated rings. The lowest BCUT2D eigenvalue weighted by Crippen LogP contribution is -2.56. The van der Waals surface area contributed by atoms with Gasteiger partial charge in [0.2, 0.25) is 0 Å². The lowest BCUT2D eigenvalue weighted by Gasteiger charge is -2.62. The maximum absolute atomic E-state index is 12.3. The number of hydrogen-bond acceptors (Lipinski definition) is 3. The molecule has 0 radical (unpaired) electrons. The minimum Gasteiger partial charge on any atom is -0.387 e. The van der Waals surface area contributed by atoms with E-state index in [1.54, 1.807) is 7.11 Å². The Kier molecular flexibility index (Phi) is 4.59. The standard InChI is InChI=1S/C23H38O3/c1-15(24)18-7-8-19-17-6-5-16-13-23(25,14-26-4)12-11-21(16,2)20(17)9-10-22(18,19)3/h16-20,25H,5-14H2,1-4H3/t16-,17+,18-,19+,20+,21+,22-,23+/m1/s1. The van der Waals surface area contributed by atoms with E-state index in [1.807, 2.05) is 6.92 Å². The van der Waals surface area contributed by atoms with Crippen LogP contribution in [0.4, 0.5) is 0 Å². The predicted molar refractivity (Wildman–Crippen MR) is 103 cm³/mol. The Morgan fingerprint density at radius 2 is 1.73 bits per heavy atom. The van der Waals surface area contributed by atoms with E-state index in [-0.39, 0.29) is 5.41 Å². The summed E-state index contributed by atoms with van der Waals surface area (Å²) in [5, 5.41) is 10.9. The van der Waals surface area contributed by atoms with Crippen LogP contribution in [0.15, 0.2) is 0 Å². The molecule has 4 aliphatic carbocycles. The molecule has 3 nitrogen and oxygen atoms in total. The van der Waals surface area contributed by atoms with Gasteiger partial charge in [0.25, 0.3) is 0 Å². The Morgan fingerprint density at radius 3 is 2.42 bits per heavy atom. The lowest BCUT2D eigenvalue weighted by molar-refractivity contribution is -0.163. The summed E-state index contributed by atoms with van der Waals surface area (Å²) in [5.74, 6) is 3.69. The Labute approximate surface area is 159 Å². The van der Waals surface area contributed by atoms with E-state index in [0.29, 0.717) is 29.6 Å². The SMILES string of the molecule is COC[C@]1(O)CC[C@@]2(C)[C@H](CC[C@@H]3[C@@H]2CC[C@]2(C)[C@@H](C(C)=O)CC[C@@H]32)C1. The Balaban J connectivity index is 1.56. The summed E-state index contributed by atoms with van der Waals surface area (Å²) in [4.78, 5) is 12.3. The summed E-state index contributed by atoms with van der Waals surface area (Å²) in [7, 11) is 1.70. The van der Waals surface area contributed by atoms with Gasteiger partial charge in [-0.15, -0.1) is 0 Å². The summed E-state index contributed by atoms with van der Waals surface area (Å²) in [6.45, 7) is 7.26. The van der Waals surface area contributed by atoms with E-state index in [1.165, 1.54) is 32.1 Å². The van der Waals surface area contributed by atoms with Gasteiger partial charge >= 0.3 is 0 Å². The fraction of sp³-hybridized carbons (Fsp3) is 0.957. The average Bonchev–Trinajstić information content (AvgIpc) is 2.93. The Hall–Kier alpha value is -0.410. The number of methoxy groups -OCH3 is 1. The highest BCUT2D eigenvalue weighted by Crippen LogP contribution is 2.68. The quantitative estimate of drug-likeness (QED) is 0.797. The molecule has 1 N–H and O–H groups in total. The van der Waals surface area contributed by atoms with Gasteiger partial charge in [0.15, 0.2) is 0 Å². The molecule has 4 rings (SSSR count). The van der Waals surface area contributed by atoms with Crippen molar-refractivity contribution in [3.05, 3.63) is 0 Å². The van der Waals surface area contributed by atoms with E-state index in [4.69, 9.17) is 4.74 Å². The molecule has 0 heterocycles. The van der Waals surface area contributed by atoms with Crippen LogP contribution in [0.1, 0.15) is 78.6 Å². The number of carbonyl (C=O) groups excluding carboxylic acids is 1. The van der Waals surface area contributed by atoms with Crippen LogP contribution < -0.4 is 0 Å². The van der Waals surface area contributed by atoms with Crippen molar-refractivity contribution in [1.82, 2.24) is 0 Å². The minimum absolute atomic E-state index is 0.252. The van der Waals surface area contributed by atoms with Crippen molar-refractivity contribution in [2.75, 3.05) is 13.7 Å². The molecule has 0 aromatic carbocycles. The fourth-order valence-corrected chi connectivity index (χ4v) is 8.39. The second-order valence-corrected chi connectivity index (χ2v) is 10.8. The first kappa shape index (κ1) is 18.9. The van der Waals surface area contributed by atoms with Crippen LogP contribution in [0.5, 0.6) is 0 Å². The normalized spacial score (nSPS) is 53.5. The Bertz CT molecular complexity index is 574. The number of rotatable bonds is 3. The number of Topliss-reactive ketones (excluding diaryl/α,β-unsaturated/α-hetero) is 1. The zero-order valence-electron chi connectivity index (χ0n) is 17.2. The summed E-state index contributed by atoms with van der Waals surface area (Å²) in [6, 6.07) is 0. The molecule has 0 aliphatic heterocycles. The minimum atomic E-state index is -0.609. The van der Waals surface area contributed by atoms with Crippen LogP contribution >= 0.6 is 0 Å². The van der Waals surface area contributed by atoms with Crippen LogP contribution in [0.3, 0.4) is 0 Å². The molecule has 3 heteroatoms. The van der Waals surface area contributed by atoms with E-state index in [0.717, 1.165) is 43.4 Å². The van der Waals surface area contributed by atoms with Gasteiger partial charge in [-0.1, -0.05) is 13.8 Å². The summed E-state index contributed by atoms with van der Waals surface area (Å²) < 4.78 is 5.33. The molecule has 0 saturated heterocycles. The van der Waals surface area contributed by atoms with Crippen LogP contribution in [0.2, 0.25) is 0 Å². The summed E-state index contributed by atoms with van der Waals surface area (Å²) in [5.41, 5.74) is 0.0161. The van der Waals surface area contributed by atoms with E-state index < -0.39 is 5.60 Å². The van der Waals surface area contributed by atoms with Gasteiger partial charge in [-0.25, -0.2) is 0 Å². The van der Waals surface area contributed by atoms with Crippen molar-refractivity contribution < 1.29 is 14.6 Å². The van der Waals surface area contributed by atoms with Crippen LogP contribution in [0.25, 0.3) is 0 Å². The lowest BCUT2D eigenvalue weighted by atomic mass is 9.44. The molecule has 0 bridgehead atoms. The van der Waals surface area contributed by atoms with E-state index in [2.05, 4.69) is 13.8 Å². The highest BCUT2D eigenvalue weighted by atomic mass is 16.5. The average molecular weight is 363 g/mol. The summed E-state index contributed by atoms with van der Waals surface area (Å²) in [6.07, 6.45) is 10.4. The van der Waals surface area contributed by atoms with Crippen molar-refractivity contribution in [2.24, 2.45) is 40.4 Å². The molecule has 8 atom stereocenters. The van der Waals surface area contributed by atoms with Crippen molar-refractivity contribution in [3.8, 4) is 0 Å². The van der Waals surface area contributed by atoms with Gasteiger partial charge in [0.05, 0.1) is 12.2 Å². The maximum atomic E-state index is 12.3. The van der Waals surface area contributed by atoms with Gasteiger partial charge in [-0.3, -0.25) is 4.79 Å². The number of carbonyl (C=O) groups is 1. The van der Waals surface area contributed by atoms with Crippen molar-refractivity contribution in [1.29, 1.82) is 0 Å². The third kappa shape index (κ3) is 2.64. The number of hydrogen-bond donors (Lipinski definition) is 1. The first-order valence-electron chi connectivity index (χ1n) is 11.0. The number of ether oxygens (including phenoxy) is 1. The number of ketones is 1. The van der Waals surface area contributed by atoms with Gasteiger partial charge in [0, 0.05) is 13.0 Å². The van der Waals surface area contributed by atoms with Gasteiger partial charge in [-0.05, 0) is 99.2 Å². The maximum Gasteiger partial charge on any atom is 0.133 e. The second kappa shape index (κ2) is 6.30. The van der Waals surface area contributed by atoms with Crippen LogP contribution in [-0.4, -0.2) is 30.2 Å². The first-order chi connectivity index (χ1) is 12.2. The molecule has 148 valence electrons. The summed E-state index contributed by atoms with van der Waals surface area (Å²) >= 11 is 0. The van der Waals surface area contributed by atoms with Crippen molar-refractivity contribution in [2.45, 2.75) is 84.2 Å². The van der Waals surface area contributed by atoms with Gasteiger partial charge < -0.3 is 9.84 Å². The first-order valence-corrected chi connectivity index (χ1v) is 11.0. The fourth-order valence-electron chi connectivity index (χ4n) is 8.39. The van der Waals surface area contributed by atoms with Gasteiger partial charge in [0.1, 0.15) is 5.78 Å². The number of aliphatic hydroxyl groups is 1. The largest absolute Gasteiger partial charge is 0.387 e. The molecule has 4 aliphatic rings. The van der Waals surface area contributed by atoms with E-state index >= 15 is 0 Å². The molecular formula is C23H38O3. The molecular weight excluding hydrogens is 324 g/mol. The monoisotopic (exact) mass is 362 g/mol. The second-order valence-electron chi connectivity index (χ2n) is 10.8. The highest BCUT2D eigenvalue weighted by molar-refractivity contribution is 5.79. The Morgan fingerprint density at radius 1 is 1.00 bits per heavy atom. The highest BCUT2D eigenvalue weighted by Gasteiger charge is 2.61. The molecule has 4 saturated carbocycles. The predicted octanol–water partition coefficient (Wildman–Crippen LogP) is 4.61. The molecule has 0 unspecified atom stereocenters. The molecule has 0 spiro atoms. The van der Waals surface area contributed by atoms with Gasteiger partial charge in [-0.2, -0.15) is 0 Å². The molecule has 0 amide bonds. The zero-order valence-corrected chi connectivity index (χ0v) is 17.2. The number of fused-ring (bicyclic) bond motifs is 5. The topological polar surface area (TPSA) is 46.5 Å². The zero-order chi connectivity index (χ0) is 18.7. The van der Waals surface area contributed by atoms with E-state index in [9.17, 15) is 9.90 Å². The van der Waals surface area contributed by atoms with Crippen LogP contribution in [-0.2, 0) is 9.53 Å². The van der Waals surface area contributed by atoms with Crippen molar-refractivity contribution >= 4 is 5.78 Å².